The van der Waals surface area contributed by atoms with Crippen molar-refractivity contribution in [2.75, 3.05) is 0 Å². The summed E-state index contributed by atoms with van der Waals surface area (Å²) in [5, 5.41) is 3.96. The highest BCUT2D eigenvalue weighted by molar-refractivity contribution is 8.00. The van der Waals surface area contributed by atoms with Crippen molar-refractivity contribution in [3.8, 4) is 5.69 Å². The summed E-state index contributed by atoms with van der Waals surface area (Å²) in [5.74, 6) is -0.113. The third-order valence-corrected chi connectivity index (χ3v) is 5.65. The maximum atomic E-state index is 12.3. The molecular formula is C23H25N3OS. The molecule has 0 bridgehead atoms. The Hall–Kier alpha value is -2.79. The number of aryl methyl sites for hydroxylation is 2. The van der Waals surface area contributed by atoms with E-state index in [1.54, 1.807) is 6.21 Å². The molecule has 1 aromatic heterocycles. The van der Waals surface area contributed by atoms with Crippen molar-refractivity contribution in [2.24, 2.45) is 5.10 Å². The van der Waals surface area contributed by atoms with Gasteiger partial charge in [-0.05, 0) is 63.6 Å². The second-order valence-electron chi connectivity index (χ2n) is 6.81. The van der Waals surface area contributed by atoms with Gasteiger partial charge in [-0.2, -0.15) is 5.10 Å². The Morgan fingerprint density at radius 3 is 2.54 bits per heavy atom. The molecule has 3 aromatic rings. The predicted molar refractivity (Wildman–Crippen MR) is 117 cm³/mol. The Morgan fingerprint density at radius 2 is 1.82 bits per heavy atom. The van der Waals surface area contributed by atoms with Crippen LogP contribution in [0.4, 0.5) is 0 Å². The lowest BCUT2D eigenvalue weighted by Crippen LogP contribution is -2.26. The van der Waals surface area contributed by atoms with E-state index in [1.807, 2.05) is 37.3 Å². The van der Waals surface area contributed by atoms with Crippen LogP contribution in [-0.4, -0.2) is 21.9 Å². The van der Waals surface area contributed by atoms with Crippen molar-refractivity contribution in [2.45, 2.75) is 37.8 Å². The third-order valence-electron chi connectivity index (χ3n) is 4.53. The van der Waals surface area contributed by atoms with Gasteiger partial charge in [0.1, 0.15) is 0 Å². The van der Waals surface area contributed by atoms with Gasteiger partial charge in [0.2, 0.25) is 0 Å². The first kappa shape index (κ1) is 20.0. The lowest BCUT2D eigenvalue weighted by Gasteiger charge is -2.10. The molecule has 4 nitrogen and oxygen atoms in total. The molecule has 0 fully saturated rings. The van der Waals surface area contributed by atoms with Gasteiger partial charge in [-0.25, -0.2) is 5.43 Å². The zero-order valence-electron chi connectivity index (χ0n) is 16.6. The molecule has 0 aliphatic rings. The molecule has 0 saturated heterocycles. The molecule has 1 atom stereocenters. The molecule has 0 aliphatic carbocycles. The zero-order chi connectivity index (χ0) is 20.1. The summed E-state index contributed by atoms with van der Waals surface area (Å²) in [7, 11) is 0. The second-order valence-corrected chi connectivity index (χ2v) is 8.22. The molecule has 0 spiro atoms. The number of carbonyl (C=O) groups is 1. The minimum atomic E-state index is -0.223. The molecular weight excluding hydrogens is 366 g/mol. The summed E-state index contributed by atoms with van der Waals surface area (Å²) in [6, 6.07) is 20.4. The number of amides is 1. The van der Waals surface area contributed by atoms with E-state index in [2.05, 4.69) is 66.2 Å². The van der Waals surface area contributed by atoms with Gasteiger partial charge in [0, 0.05) is 27.5 Å². The number of hydrogen-bond donors (Lipinski definition) is 1. The molecule has 5 heteroatoms. The molecule has 3 rings (SSSR count). The van der Waals surface area contributed by atoms with Gasteiger partial charge < -0.3 is 4.57 Å². The smallest absolute Gasteiger partial charge is 0.253 e. The summed E-state index contributed by atoms with van der Waals surface area (Å²) >= 11 is 1.52. The van der Waals surface area contributed by atoms with E-state index in [4.69, 9.17) is 0 Å². The summed E-state index contributed by atoms with van der Waals surface area (Å²) in [6.07, 6.45) is 1.71. The minimum Gasteiger partial charge on any atom is -0.318 e. The van der Waals surface area contributed by atoms with Gasteiger partial charge in [0.25, 0.3) is 5.91 Å². The van der Waals surface area contributed by atoms with Gasteiger partial charge >= 0.3 is 0 Å². The molecule has 0 unspecified atom stereocenters. The van der Waals surface area contributed by atoms with E-state index in [-0.39, 0.29) is 11.2 Å². The van der Waals surface area contributed by atoms with E-state index in [1.165, 1.54) is 17.3 Å². The fourth-order valence-electron chi connectivity index (χ4n) is 3.10. The maximum Gasteiger partial charge on any atom is 0.253 e. The van der Waals surface area contributed by atoms with Gasteiger partial charge in [-0.3, -0.25) is 4.79 Å². The number of benzene rings is 2. The summed E-state index contributed by atoms with van der Waals surface area (Å²) in [4.78, 5) is 13.4. The van der Waals surface area contributed by atoms with Crippen LogP contribution in [0.1, 0.15) is 29.4 Å². The molecule has 0 saturated carbocycles. The van der Waals surface area contributed by atoms with E-state index >= 15 is 0 Å². The van der Waals surface area contributed by atoms with Crippen molar-refractivity contribution >= 4 is 23.9 Å². The van der Waals surface area contributed by atoms with Gasteiger partial charge in [0.05, 0.1) is 11.5 Å². The number of rotatable bonds is 6. The average Bonchev–Trinajstić information content (AvgIpc) is 2.96. The average molecular weight is 392 g/mol. The van der Waals surface area contributed by atoms with Crippen molar-refractivity contribution in [1.82, 2.24) is 9.99 Å². The zero-order valence-corrected chi connectivity index (χ0v) is 17.5. The van der Waals surface area contributed by atoms with Crippen LogP contribution in [0.3, 0.4) is 0 Å². The number of thioether (sulfide) groups is 1. The van der Waals surface area contributed by atoms with Crippen molar-refractivity contribution < 1.29 is 4.79 Å². The van der Waals surface area contributed by atoms with E-state index in [9.17, 15) is 4.79 Å². The van der Waals surface area contributed by atoms with Gasteiger partial charge in [-0.15, -0.1) is 11.8 Å². The first-order valence-electron chi connectivity index (χ1n) is 9.26. The number of nitrogens with zero attached hydrogens (tertiary/aromatic N) is 2. The van der Waals surface area contributed by atoms with Crippen LogP contribution in [0.25, 0.3) is 5.69 Å². The Balaban J connectivity index is 1.68. The van der Waals surface area contributed by atoms with Crippen LogP contribution in [-0.2, 0) is 4.79 Å². The minimum absolute atomic E-state index is 0.113. The molecule has 0 aliphatic heterocycles. The fraction of sp³-hybridized carbons (Fsp3) is 0.217. The van der Waals surface area contributed by atoms with Gasteiger partial charge in [0.15, 0.2) is 0 Å². The van der Waals surface area contributed by atoms with Crippen LogP contribution >= 0.6 is 11.8 Å². The van der Waals surface area contributed by atoms with E-state index in [0.29, 0.717) is 0 Å². The van der Waals surface area contributed by atoms with Crippen molar-refractivity contribution in [1.29, 1.82) is 0 Å². The Morgan fingerprint density at radius 1 is 1.07 bits per heavy atom. The lowest BCUT2D eigenvalue weighted by atomic mass is 10.2. The van der Waals surface area contributed by atoms with Crippen LogP contribution in [0, 0.1) is 20.8 Å². The monoisotopic (exact) mass is 391 g/mol. The van der Waals surface area contributed by atoms with E-state index < -0.39 is 0 Å². The van der Waals surface area contributed by atoms with Crippen LogP contribution in [0.15, 0.2) is 70.7 Å². The molecule has 1 N–H and O–H groups in total. The lowest BCUT2D eigenvalue weighted by molar-refractivity contribution is -0.120. The Kier molecular flexibility index (Phi) is 6.37. The van der Waals surface area contributed by atoms with Crippen molar-refractivity contribution in [3.63, 3.8) is 0 Å². The topological polar surface area (TPSA) is 46.4 Å². The normalized spacial score (nSPS) is 12.3. The highest BCUT2D eigenvalue weighted by Gasteiger charge is 2.14. The maximum absolute atomic E-state index is 12.3. The molecule has 28 heavy (non-hydrogen) atoms. The highest BCUT2D eigenvalue weighted by Crippen LogP contribution is 2.23. The quantitative estimate of drug-likeness (QED) is 0.364. The number of hydrazone groups is 1. The predicted octanol–water partition coefficient (Wildman–Crippen LogP) is 5.03. The fourth-order valence-corrected chi connectivity index (χ4v) is 3.98. The van der Waals surface area contributed by atoms with E-state index in [0.717, 1.165) is 27.5 Å². The van der Waals surface area contributed by atoms with Gasteiger partial charge in [-0.1, -0.05) is 30.3 Å². The van der Waals surface area contributed by atoms with Crippen LogP contribution < -0.4 is 5.43 Å². The standard InChI is InChI=1S/C23H25N3OS/c1-16-9-8-10-21(13-16)26-17(2)14-20(18(26)3)15-24-25-23(27)19(4)28-22-11-6-5-7-12-22/h5-15,19H,1-4H3,(H,25,27)/b24-15-/t19-/m1/s1. The first-order chi connectivity index (χ1) is 13.5. The van der Waals surface area contributed by atoms with Crippen LogP contribution in [0.5, 0.6) is 0 Å². The van der Waals surface area contributed by atoms with Crippen molar-refractivity contribution in [3.05, 3.63) is 83.2 Å². The molecule has 1 amide bonds. The largest absolute Gasteiger partial charge is 0.318 e. The molecule has 2 aromatic carbocycles. The summed E-state index contributed by atoms with van der Waals surface area (Å²) in [6.45, 7) is 8.10. The molecule has 1 heterocycles. The number of hydrogen-bond acceptors (Lipinski definition) is 3. The number of carbonyl (C=O) groups excluding carboxylic acids is 1. The third kappa shape index (κ3) is 4.73. The number of aromatic nitrogens is 1. The Labute approximate surface area is 170 Å². The summed E-state index contributed by atoms with van der Waals surface area (Å²) < 4.78 is 2.20. The first-order valence-corrected chi connectivity index (χ1v) is 10.1. The molecule has 0 radical (unpaired) electrons. The SMILES string of the molecule is Cc1cccc(-n2c(C)cc(/C=N\NC(=O)[C@@H](C)Sc3ccccc3)c2C)c1. The number of nitrogens with one attached hydrogen (secondary N) is 1. The summed E-state index contributed by atoms with van der Waals surface area (Å²) in [5.41, 5.74) is 8.22. The Bertz CT molecular complexity index is 992. The molecule has 144 valence electrons. The van der Waals surface area contributed by atoms with Crippen LogP contribution in [0.2, 0.25) is 0 Å². The highest BCUT2D eigenvalue weighted by atomic mass is 32.2. The second kappa shape index (κ2) is 8.93.